The molecule has 4 heteroatoms. The number of fused-ring (bicyclic) bond motifs is 1. The fraction of sp³-hybridized carbons (Fsp3) is 0.176. The lowest BCUT2D eigenvalue weighted by Gasteiger charge is -2.10. The average molecular weight is 296 g/mol. The van der Waals surface area contributed by atoms with Crippen molar-refractivity contribution < 1.29 is 4.79 Å². The van der Waals surface area contributed by atoms with Gasteiger partial charge in [0.2, 0.25) is 0 Å². The summed E-state index contributed by atoms with van der Waals surface area (Å²) in [6.07, 6.45) is 0.708. The Hall–Kier alpha value is -2.04. The third-order valence-electron chi connectivity index (χ3n) is 3.36. The average Bonchev–Trinajstić information content (AvgIpc) is 2.90. The number of hydrogen-bond acceptors (Lipinski definition) is 4. The summed E-state index contributed by atoms with van der Waals surface area (Å²) in [5.74, 6) is 0.130. The van der Waals surface area contributed by atoms with Crippen molar-refractivity contribution in [2.75, 3.05) is 0 Å². The van der Waals surface area contributed by atoms with Crippen LogP contribution in [-0.4, -0.2) is 10.8 Å². The van der Waals surface area contributed by atoms with Crippen LogP contribution in [0.15, 0.2) is 54.6 Å². The van der Waals surface area contributed by atoms with E-state index < -0.39 is 0 Å². The maximum atomic E-state index is 12.2. The van der Waals surface area contributed by atoms with Gasteiger partial charge in [0.05, 0.1) is 16.6 Å². The van der Waals surface area contributed by atoms with E-state index in [9.17, 15) is 4.79 Å². The Morgan fingerprint density at radius 2 is 1.81 bits per heavy atom. The Bertz CT molecular complexity index is 719. The van der Waals surface area contributed by atoms with Crippen molar-refractivity contribution in [2.45, 2.75) is 18.9 Å². The minimum atomic E-state index is -0.243. The van der Waals surface area contributed by atoms with E-state index >= 15 is 0 Å². The van der Waals surface area contributed by atoms with Gasteiger partial charge < -0.3 is 5.73 Å². The van der Waals surface area contributed by atoms with E-state index in [4.69, 9.17) is 5.73 Å². The van der Waals surface area contributed by atoms with Gasteiger partial charge in [-0.3, -0.25) is 4.79 Å². The molecule has 1 atom stereocenters. The molecule has 2 N–H and O–H groups in total. The molecular formula is C17H16N2OS. The highest BCUT2D eigenvalue weighted by molar-refractivity contribution is 7.18. The number of para-hydroxylation sites is 1. The van der Waals surface area contributed by atoms with E-state index in [-0.39, 0.29) is 11.8 Å². The van der Waals surface area contributed by atoms with Gasteiger partial charge >= 0.3 is 0 Å². The molecule has 106 valence electrons. The fourth-order valence-corrected chi connectivity index (χ4v) is 3.30. The van der Waals surface area contributed by atoms with E-state index in [1.54, 1.807) is 11.3 Å². The van der Waals surface area contributed by atoms with Crippen LogP contribution in [0.25, 0.3) is 10.2 Å². The fourth-order valence-electron chi connectivity index (χ4n) is 2.30. The molecular weight excluding hydrogens is 280 g/mol. The molecule has 2 aromatic carbocycles. The molecule has 0 fully saturated rings. The van der Waals surface area contributed by atoms with Crippen LogP contribution < -0.4 is 5.73 Å². The topological polar surface area (TPSA) is 56.0 Å². The number of aromatic nitrogens is 1. The van der Waals surface area contributed by atoms with Crippen LogP contribution >= 0.6 is 11.3 Å². The van der Waals surface area contributed by atoms with Crippen molar-refractivity contribution in [3.05, 3.63) is 65.2 Å². The van der Waals surface area contributed by atoms with E-state index in [1.165, 1.54) is 0 Å². The first kappa shape index (κ1) is 13.9. The van der Waals surface area contributed by atoms with Crippen LogP contribution in [0.1, 0.15) is 23.0 Å². The molecule has 1 aromatic heterocycles. The van der Waals surface area contributed by atoms with Gasteiger partial charge in [-0.15, -0.1) is 11.3 Å². The summed E-state index contributed by atoms with van der Waals surface area (Å²) in [6, 6.07) is 17.4. The zero-order valence-electron chi connectivity index (χ0n) is 11.5. The Labute approximate surface area is 127 Å². The molecule has 0 aliphatic carbocycles. The Balaban J connectivity index is 1.66. The van der Waals surface area contributed by atoms with Crippen molar-refractivity contribution in [3.63, 3.8) is 0 Å². The number of nitrogens with zero attached hydrogens (tertiary/aromatic N) is 1. The van der Waals surface area contributed by atoms with Crippen LogP contribution in [0.5, 0.6) is 0 Å². The second-order valence-corrected chi connectivity index (χ2v) is 6.13. The number of hydrogen-bond donors (Lipinski definition) is 1. The SMILES string of the molecule is NC(CC(=O)Cc1nc2ccccc2s1)c1ccccc1. The highest BCUT2D eigenvalue weighted by atomic mass is 32.1. The second kappa shape index (κ2) is 6.16. The molecule has 0 aliphatic rings. The molecule has 3 rings (SSSR count). The standard InChI is InChI=1S/C17H16N2OS/c18-14(12-6-2-1-3-7-12)10-13(20)11-17-19-15-8-4-5-9-16(15)21-17/h1-9,14H,10-11,18H2. The Morgan fingerprint density at radius 3 is 2.57 bits per heavy atom. The van der Waals surface area contributed by atoms with E-state index in [2.05, 4.69) is 4.98 Å². The van der Waals surface area contributed by atoms with Crippen LogP contribution in [0.3, 0.4) is 0 Å². The first-order chi connectivity index (χ1) is 10.2. The number of nitrogens with two attached hydrogens (primary N) is 1. The number of ketones is 1. The summed E-state index contributed by atoms with van der Waals surface area (Å²) in [4.78, 5) is 16.6. The third kappa shape index (κ3) is 3.35. The van der Waals surface area contributed by atoms with Crippen molar-refractivity contribution in [1.82, 2.24) is 4.98 Å². The summed E-state index contributed by atoms with van der Waals surface area (Å²) in [5.41, 5.74) is 8.04. The molecule has 0 saturated carbocycles. The molecule has 3 aromatic rings. The molecule has 0 bridgehead atoms. The second-order valence-electron chi connectivity index (χ2n) is 5.01. The number of thiazole rings is 1. The van der Waals surface area contributed by atoms with Crippen molar-refractivity contribution in [1.29, 1.82) is 0 Å². The molecule has 3 nitrogen and oxygen atoms in total. The van der Waals surface area contributed by atoms with Gasteiger partial charge in [-0.05, 0) is 17.7 Å². The zero-order valence-corrected chi connectivity index (χ0v) is 12.3. The Kier molecular flexibility index (Phi) is 4.08. The van der Waals surface area contributed by atoms with Crippen molar-refractivity contribution in [2.24, 2.45) is 5.73 Å². The predicted molar refractivity (Wildman–Crippen MR) is 86.3 cm³/mol. The number of carbonyl (C=O) groups is 1. The smallest absolute Gasteiger partial charge is 0.141 e. The van der Waals surface area contributed by atoms with Crippen molar-refractivity contribution in [3.8, 4) is 0 Å². The van der Waals surface area contributed by atoms with Gasteiger partial charge in [0, 0.05) is 12.5 Å². The van der Waals surface area contributed by atoms with Gasteiger partial charge in [-0.1, -0.05) is 42.5 Å². The molecule has 1 heterocycles. The lowest BCUT2D eigenvalue weighted by Crippen LogP contribution is -2.16. The molecule has 0 amide bonds. The maximum absolute atomic E-state index is 12.2. The summed E-state index contributed by atoms with van der Waals surface area (Å²) in [5, 5.41) is 0.862. The number of rotatable bonds is 5. The zero-order chi connectivity index (χ0) is 14.7. The molecule has 0 aliphatic heterocycles. The predicted octanol–water partition coefficient (Wildman–Crippen LogP) is 3.50. The highest BCUT2D eigenvalue weighted by Crippen LogP contribution is 2.23. The lowest BCUT2D eigenvalue weighted by atomic mass is 10.0. The van der Waals surface area contributed by atoms with Crippen LogP contribution in [0, 0.1) is 0 Å². The number of benzene rings is 2. The van der Waals surface area contributed by atoms with Gasteiger partial charge in [-0.2, -0.15) is 0 Å². The first-order valence-electron chi connectivity index (χ1n) is 6.89. The molecule has 1 unspecified atom stereocenters. The van der Waals surface area contributed by atoms with Crippen LogP contribution in [0.2, 0.25) is 0 Å². The first-order valence-corrected chi connectivity index (χ1v) is 7.71. The van der Waals surface area contributed by atoms with E-state index in [1.807, 2.05) is 54.6 Å². The minimum Gasteiger partial charge on any atom is -0.324 e. The molecule has 0 radical (unpaired) electrons. The summed E-state index contributed by atoms with van der Waals surface area (Å²) < 4.78 is 1.12. The summed E-state index contributed by atoms with van der Waals surface area (Å²) >= 11 is 1.58. The quantitative estimate of drug-likeness (QED) is 0.784. The lowest BCUT2D eigenvalue weighted by molar-refractivity contribution is -0.118. The normalized spacial score (nSPS) is 12.4. The van der Waals surface area contributed by atoms with Crippen LogP contribution in [0.4, 0.5) is 0 Å². The van der Waals surface area contributed by atoms with Gasteiger partial charge in [0.15, 0.2) is 0 Å². The molecule has 21 heavy (non-hydrogen) atoms. The molecule has 0 spiro atoms. The monoisotopic (exact) mass is 296 g/mol. The largest absolute Gasteiger partial charge is 0.324 e. The minimum absolute atomic E-state index is 0.130. The summed E-state index contributed by atoms with van der Waals surface area (Å²) in [6.45, 7) is 0. The van der Waals surface area contributed by atoms with Crippen molar-refractivity contribution >= 4 is 27.3 Å². The van der Waals surface area contributed by atoms with Gasteiger partial charge in [-0.25, -0.2) is 4.98 Å². The van der Waals surface area contributed by atoms with Crippen LogP contribution in [-0.2, 0) is 11.2 Å². The van der Waals surface area contributed by atoms with Gasteiger partial charge in [0.25, 0.3) is 0 Å². The maximum Gasteiger partial charge on any atom is 0.141 e. The number of carbonyl (C=O) groups excluding carboxylic acids is 1. The number of Topliss-reactive ketones (excluding diaryl/α,β-unsaturated/α-hetero) is 1. The van der Waals surface area contributed by atoms with Gasteiger partial charge in [0.1, 0.15) is 10.8 Å². The molecule has 0 saturated heterocycles. The summed E-state index contributed by atoms with van der Waals surface area (Å²) in [7, 11) is 0. The highest BCUT2D eigenvalue weighted by Gasteiger charge is 2.14. The Morgan fingerprint density at radius 1 is 1.10 bits per heavy atom. The van der Waals surface area contributed by atoms with E-state index in [0.717, 1.165) is 20.8 Å². The third-order valence-corrected chi connectivity index (χ3v) is 4.40. The van der Waals surface area contributed by atoms with E-state index in [0.29, 0.717) is 12.8 Å².